The van der Waals surface area contributed by atoms with Crippen LogP contribution in [0.4, 0.5) is 0 Å². The van der Waals surface area contributed by atoms with Gasteiger partial charge in [0.15, 0.2) is 0 Å². The van der Waals surface area contributed by atoms with Gasteiger partial charge in [-0.15, -0.1) is 11.8 Å². The smallest absolute Gasteiger partial charge is 0.119 e. The van der Waals surface area contributed by atoms with Crippen molar-refractivity contribution < 1.29 is 4.79 Å². The molecule has 0 aliphatic rings. The van der Waals surface area contributed by atoms with Crippen LogP contribution in [0.15, 0.2) is 0 Å². The van der Waals surface area contributed by atoms with E-state index in [2.05, 4.69) is 30.6 Å². The van der Waals surface area contributed by atoms with Crippen LogP contribution in [0.5, 0.6) is 0 Å². The van der Waals surface area contributed by atoms with Crippen LogP contribution in [-0.2, 0) is 4.79 Å². The molecule has 0 aliphatic carbocycles. The molecule has 0 rings (SSSR count). The van der Waals surface area contributed by atoms with Crippen LogP contribution in [0.25, 0.3) is 0 Å². The first-order chi connectivity index (χ1) is 9.41. The van der Waals surface area contributed by atoms with Gasteiger partial charge >= 0.3 is 0 Å². The van der Waals surface area contributed by atoms with Gasteiger partial charge in [0.2, 0.25) is 0 Å². The van der Waals surface area contributed by atoms with E-state index < -0.39 is 0 Å². The van der Waals surface area contributed by atoms with E-state index in [1.807, 2.05) is 0 Å². The van der Waals surface area contributed by atoms with Gasteiger partial charge in [0.1, 0.15) is 6.29 Å². The number of rotatable bonds is 10. The standard InChI is InChI=1S/C18H28O/c1-2-3-4-5-6-7-8-9-10-11-12-13-14-15-16-17-18-19/h18H,2-5,8,11-17H2,1H3. The Balaban J connectivity index is 3.23. The summed E-state index contributed by atoms with van der Waals surface area (Å²) >= 11 is 0. The highest BCUT2D eigenvalue weighted by Crippen LogP contribution is 2.05. The number of hydrogen-bond acceptors (Lipinski definition) is 1. The van der Waals surface area contributed by atoms with Crippen molar-refractivity contribution in [3.8, 4) is 23.7 Å². The van der Waals surface area contributed by atoms with Crippen LogP contribution in [0.1, 0.15) is 84.0 Å². The summed E-state index contributed by atoms with van der Waals surface area (Å²) < 4.78 is 0. The molecule has 0 amide bonds. The monoisotopic (exact) mass is 260 g/mol. The van der Waals surface area contributed by atoms with Crippen LogP contribution in [-0.4, -0.2) is 6.29 Å². The highest BCUT2D eigenvalue weighted by Gasteiger charge is 1.89. The number of aldehydes is 1. The Morgan fingerprint density at radius 2 is 1.32 bits per heavy atom. The highest BCUT2D eigenvalue weighted by molar-refractivity contribution is 5.48. The third-order valence-electron chi connectivity index (χ3n) is 2.96. The summed E-state index contributed by atoms with van der Waals surface area (Å²) in [6, 6.07) is 0. The number of unbranched alkanes of at least 4 members (excludes halogenated alkanes) is 9. The van der Waals surface area contributed by atoms with Crippen molar-refractivity contribution in [3.63, 3.8) is 0 Å². The number of hydrogen-bond donors (Lipinski definition) is 0. The zero-order chi connectivity index (χ0) is 14.0. The summed E-state index contributed by atoms with van der Waals surface area (Å²) in [6.07, 6.45) is 14.1. The molecular weight excluding hydrogens is 232 g/mol. The molecule has 0 saturated carbocycles. The predicted octanol–water partition coefficient (Wildman–Crippen LogP) is 4.89. The van der Waals surface area contributed by atoms with E-state index in [4.69, 9.17) is 0 Å². The third kappa shape index (κ3) is 16.8. The SMILES string of the molecule is CCCCCC#CCC#CCCCCCCCC=O. The molecule has 0 spiro atoms. The topological polar surface area (TPSA) is 17.1 Å². The molecule has 0 fully saturated rings. The first-order valence-electron chi connectivity index (χ1n) is 7.77. The average Bonchev–Trinajstić information content (AvgIpc) is 2.43. The molecule has 106 valence electrons. The molecule has 0 radical (unpaired) electrons. The number of carbonyl (C=O) groups excluding carboxylic acids is 1. The molecular formula is C18H28O. The largest absolute Gasteiger partial charge is 0.303 e. The van der Waals surface area contributed by atoms with Gasteiger partial charge in [0, 0.05) is 19.3 Å². The summed E-state index contributed by atoms with van der Waals surface area (Å²) in [5, 5.41) is 0. The van der Waals surface area contributed by atoms with Crippen molar-refractivity contribution in [1.29, 1.82) is 0 Å². The van der Waals surface area contributed by atoms with Crippen molar-refractivity contribution in [3.05, 3.63) is 0 Å². The second-order valence-corrected chi connectivity index (χ2v) is 4.81. The Morgan fingerprint density at radius 3 is 1.95 bits per heavy atom. The van der Waals surface area contributed by atoms with Gasteiger partial charge in [-0.2, -0.15) is 0 Å². The normalized spacial score (nSPS) is 9.11. The third-order valence-corrected chi connectivity index (χ3v) is 2.96. The second-order valence-electron chi connectivity index (χ2n) is 4.81. The summed E-state index contributed by atoms with van der Waals surface area (Å²) in [7, 11) is 0. The van der Waals surface area contributed by atoms with E-state index in [-0.39, 0.29) is 0 Å². The van der Waals surface area contributed by atoms with Crippen molar-refractivity contribution >= 4 is 6.29 Å². The molecule has 0 aliphatic heterocycles. The highest BCUT2D eigenvalue weighted by atomic mass is 16.1. The maximum atomic E-state index is 10.1. The van der Waals surface area contributed by atoms with E-state index in [0.717, 1.165) is 38.4 Å². The van der Waals surface area contributed by atoms with Crippen molar-refractivity contribution in [2.24, 2.45) is 0 Å². The minimum absolute atomic E-state index is 0.719. The van der Waals surface area contributed by atoms with Gasteiger partial charge in [0.05, 0.1) is 6.42 Å². The lowest BCUT2D eigenvalue weighted by Gasteiger charge is -1.95. The molecule has 1 nitrogen and oxygen atoms in total. The molecule has 19 heavy (non-hydrogen) atoms. The first kappa shape index (κ1) is 17.8. The molecule has 0 aromatic carbocycles. The van der Waals surface area contributed by atoms with Gasteiger partial charge < -0.3 is 4.79 Å². The molecule has 0 aromatic rings. The van der Waals surface area contributed by atoms with Crippen LogP contribution in [0.2, 0.25) is 0 Å². The fourth-order valence-electron chi connectivity index (χ4n) is 1.78. The summed E-state index contributed by atoms with van der Waals surface area (Å²) in [4.78, 5) is 10.1. The molecule has 0 bridgehead atoms. The van der Waals surface area contributed by atoms with Gasteiger partial charge in [0.25, 0.3) is 0 Å². The lowest BCUT2D eigenvalue weighted by molar-refractivity contribution is -0.107. The quantitative estimate of drug-likeness (QED) is 0.310. The van der Waals surface area contributed by atoms with E-state index in [1.165, 1.54) is 44.9 Å². The van der Waals surface area contributed by atoms with Crippen LogP contribution < -0.4 is 0 Å². The van der Waals surface area contributed by atoms with Crippen molar-refractivity contribution in [1.82, 2.24) is 0 Å². The van der Waals surface area contributed by atoms with Crippen molar-refractivity contribution in [2.75, 3.05) is 0 Å². The first-order valence-corrected chi connectivity index (χ1v) is 7.77. The van der Waals surface area contributed by atoms with Gasteiger partial charge in [-0.05, 0) is 19.3 Å². The Labute approximate surface area is 119 Å². The molecule has 0 saturated heterocycles. The molecule has 0 N–H and O–H groups in total. The van der Waals surface area contributed by atoms with Crippen LogP contribution >= 0.6 is 0 Å². The van der Waals surface area contributed by atoms with Crippen molar-refractivity contribution in [2.45, 2.75) is 84.0 Å². The molecule has 0 heterocycles. The lowest BCUT2D eigenvalue weighted by Crippen LogP contribution is -1.80. The van der Waals surface area contributed by atoms with E-state index in [9.17, 15) is 4.79 Å². The van der Waals surface area contributed by atoms with Gasteiger partial charge in [-0.25, -0.2) is 0 Å². The molecule has 0 aromatic heterocycles. The van der Waals surface area contributed by atoms with Crippen LogP contribution in [0, 0.1) is 23.7 Å². The van der Waals surface area contributed by atoms with Gasteiger partial charge in [-0.1, -0.05) is 50.9 Å². The summed E-state index contributed by atoms with van der Waals surface area (Å²) in [5.41, 5.74) is 0. The summed E-state index contributed by atoms with van der Waals surface area (Å²) in [6.45, 7) is 2.21. The second kappa shape index (κ2) is 16.8. The van der Waals surface area contributed by atoms with E-state index >= 15 is 0 Å². The maximum Gasteiger partial charge on any atom is 0.119 e. The zero-order valence-electron chi connectivity index (χ0n) is 12.5. The summed E-state index contributed by atoms with van der Waals surface area (Å²) in [5.74, 6) is 12.6. The maximum absolute atomic E-state index is 10.1. The Kier molecular flexibility index (Phi) is 15.7. The Morgan fingerprint density at radius 1 is 0.737 bits per heavy atom. The fourth-order valence-corrected chi connectivity index (χ4v) is 1.78. The van der Waals surface area contributed by atoms with E-state index in [0.29, 0.717) is 0 Å². The van der Waals surface area contributed by atoms with Crippen LogP contribution in [0.3, 0.4) is 0 Å². The Bertz CT molecular complexity index is 308. The average molecular weight is 260 g/mol. The van der Waals surface area contributed by atoms with Gasteiger partial charge in [-0.3, -0.25) is 0 Å². The minimum Gasteiger partial charge on any atom is -0.303 e. The molecule has 0 unspecified atom stereocenters. The predicted molar refractivity (Wildman–Crippen MR) is 82.7 cm³/mol. The lowest BCUT2D eigenvalue weighted by atomic mass is 10.1. The number of carbonyl (C=O) groups is 1. The Hall–Kier alpha value is -1.21. The fraction of sp³-hybridized carbons (Fsp3) is 0.722. The van der Waals surface area contributed by atoms with E-state index in [1.54, 1.807) is 0 Å². The zero-order valence-corrected chi connectivity index (χ0v) is 12.5. The minimum atomic E-state index is 0.719. The molecule has 1 heteroatoms. The molecule has 0 atom stereocenters.